The van der Waals surface area contributed by atoms with Crippen molar-refractivity contribution < 1.29 is 14.1 Å². The number of pyridine rings is 1. The van der Waals surface area contributed by atoms with Crippen LogP contribution in [-0.4, -0.2) is 35.9 Å². The minimum Gasteiger partial charge on any atom is -0.500 e. The topological polar surface area (TPSA) is 113 Å². The number of methoxy groups -OCH3 is 1. The zero-order valence-electron chi connectivity index (χ0n) is 15.2. The molecule has 0 radical (unpaired) electrons. The molecule has 1 aromatic carbocycles. The zero-order chi connectivity index (χ0) is 19.8. The average Bonchev–Trinajstić information content (AvgIpc) is 3.35. The molecule has 0 aliphatic rings. The highest BCUT2D eigenvalue weighted by atomic mass is 32.2. The normalized spacial score (nSPS) is 12.4. The van der Waals surface area contributed by atoms with Gasteiger partial charge >= 0.3 is 0 Å². The highest BCUT2D eigenvalue weighted by Crippen LogP contribution is 2.28. The van der Waals surface area contributed by atoms with E-state index in [0.29, 0.717) is 21.9 Å². The third-order valence-electron chi connectivity index (χ3n) is 4.53. The number of nitrogens with zero attached hydrogens (tertiary/aromatic N) is 2. The van der Waals surface area contributed by atoms with Gasteiger partial charge in [0.25, 0.3) is 5.56 Å². The maximum absolute atomic E-state index is 12.8. The van der Waals surface area contributed by atoms with E-state index in [4.69, 9.17) is 4.74 Å². The summed E-state index contributed by atoms with van der Waals surface area (Å²) in [5.41, 5.74) is 2.69. The van der Waals surface area contributed by atoms with Crippen molar-refractivity contribution in [3.05, 3.63) is 64.3 Å². The molecule has 4 rings (SSSR count). The summed E-state index contributed by atoms with van der Waals surface area (Å²) in [5, 5.41) is 10.1. The van der Waals surface area contributed by atoms with Gasteiger partial charge in [0.05, 0.1) is 34.7 Å². The fraction of sp³-hybridized carbons (Fsp3) is 0.158. The average molecular weight is 398 g/mol. The first-order chi connectivity index (χ1) is 13.5. The van der Waals surface area contributed by atoms with Crippen molar-refractivity contribution in [1.29, 1.82) is 0 Å². The van der Waals surface area contributed by atoms with E-state index < -0.39 is 22.1 Å². The number of benzene rings is 1. The maximum atomic E-state index is 12.8. The number of nitrogens with one attached hydrogen (secondary N) is 2. The van der Waals surface area contributed by atoms with E-state index in [-0.39, 0.29) is 11.5 Å². The Balaban J connectivity index is 1.66. The molecule has 144 valence electrons. The van der Waals surface area contributed by atoms with Crippen molar-refractivity contribution >= 4 is 21.8 Å². The monoisotopic (exact) mass is 398 g/mol. The number of ether oxygens (including phenoxy) is 1. The first kappa shape index (κ1) is 18.1. The van der Waals surface area contributed by atoms with Crippen molar-refractivity contribution in [3.63, 3.8) is 0 Å². The molecule has 0 saturated carbocycles. The summed E-state index contributed by atoms with van der Waals surface area (Å²) in [4.78, 5) is 21.9. The Morgan fingerprint density at radius 2 is 2.00 bits per heavy atom. The lowest BCUT2D eigenvalue weighted by molar-refractivity contribution is 0.365. The summed E-state index contributed by atoms with van der Waals surface area (Å²) in [6.07, 6.45) is 3.88. The van der Waals surface area contributed by atoms with Crippen molar-refractivity contribution in [2.75, 3.05) is 7.11 Å². The number of hydrogen-bond acceptors (Lipinski definition) is 5. The number of H-pyrrole nitrogens is 2. The van der Waals surface area contributed by atoms with E-state index in [1.165, 1.54) is 7.11 Å². The highest BCUT2D eigenvalue weighted by Gasteiger charge is 2.18. The molecule has 3 aromatic heterocycles. The lowest BCUT2D eigenvalue weighted by Gasteiger charge is -2.10. The van der Waals surface area contributed by atoms with Crippen LogP contribution in [0.4, 0.5) is 0 Å². The molecule has 0 saturated heterocycles. The molecule has 0 aliphatic carbocycles. The Labute approximate surface area is 162 Å². The Morgan fingerprint density at radius 1 is 1.25 bits per heavy atom. The molecule has 3 N–H and O–H groups in total. The van der Waals surface area contributed by atoms with Crippen LogP contribution in [0, 0.1) is 6.92 Å². The molecule has 0 fully saturated rings. The van der Waals surface area contributed by atoms with Gasteiger partial charge in [-0.25, -0.2) is 4.98 Å². The molecule has 1 unspecified atom stereocenters. The van der Waals surface area contributed by atoms with Crippen molar-refractivity contribution in [2.45, 2.75) is 17.8 Å². The Hall–Kier alpha value is -3.33. The van der Waals surface area contributed by atoms with Crippen LogP contribution >= 0.6 is 0 Å². The maximum Gasteiger partial charge on any atom is 0.294 e. The van der Waals surface area contributed by atoms with Gasteiger partial charge < -0.3 is 24.4 Å². The predicted molar refractivity (Wildman–Crippen MR) is 106 cm³/mol. The second-order valence-electron chi connectivity index (χ2n) is 6.26. The first-order valence-corrected chi connectivity index (χ1v) is 9.80. The van der Waals surface area contributed by atoms with Crippen LogP contribution in [0.5, 0.6) is 11.5 Å². The van der Waals surface area contributed by atoms with Crippen LogP contribution in [0.3, 0.4) is 0 Å². The van der Waals surface area contributed by atoms with Gasteiger partial charge in [0.1, 0.15) is 0 Å². The molecule has 3 heterocycles. The molecule has 9 heteroatoms. The van der Waals surface area contributed by atoms with E-state index in [0.717, 1.165) is 11.2 Å². The second-order valence-corrected chi connectivity index (χ2v) is 7.63. The van der Waals surface area contributed by atoms with E-state index in [2.05, 4.69) is 15.0 Å². The molecule has 28 heavy (non-hydrogen) atoms. The summed E-state index contributed by atoms with van der Waals surface area (Å²) < 4.78 is 19.9. The van der Waals surface area contributed by atoms with Gasteiger partial charge in [-0.05, 0) is 37.3 Å². The number of fused-ring (bicyclic) bond motifs is 1. The molecule has 0 bridgehead atoms. The summed E-state index contributed by atoms with van der Waals surface area (Å²) in [7, 11) is -0.162. The number of aromatic hydroxyl groups is 1. The molecule has 8 nitrogen and oxygen atoms in total. The Bertz CT molecular complexity index is 1240. The number of aromatic amines is 2. The number of hydrogen-bond donors (Lipinski definition) is 3. The predicted octanol–water partition coefficient (Wildman–Crippen LogP) is 2.37. The van der Waals surface area contributed by atoms with E-state index in [1.807, 2.05) is 47.3 Å². The fourth-order valence-electron chi connectivity index (χ4n) is 3.05. The van der Waals surface area contributed by atoms with Crippen LogP contribution in [0.15, 0.2) is 52.7 Å². The fourth-order valence-corrected chi connectivity index (χ4v) is 4.16. The molecule has 1 atom stereocenters. The van der Waals surface area contributed by atoms with Gasteiger partial charge in [-0.2, -0.15) is 0 Å². The van der Waals surface area contributed by atoms with Gasteiger partial charge in [-0.1, -0.05) is 0 Å². The summed E-state index contributed by atoms with van der Waals surface area (Å²) in [6.45, 7) is 1.68. The van der Waals surface area contributed by atoms with Gasteiger partial charge in [-0.15, -0.1) is 0 Å². The minimum atomic E-state index is -1.53. The number of rotatable bonds is 5. The van der Waals surface area contributed by atoms with Crippen molar-refractivity contribution in [3.8, 4) is 17.2 Å². The van der Waals surface area contributed by atoms with Gasteiger partial charge in [0.15, 0.2) is 10.9 Å². The third-order valence-corrected chi connectivity index (χ3v) is 5.70. The van der Waals surface area contributed by atoms with E-state index in [9.17, 15) is 14.1 Å². The van der Waals surface area contributed by atoms with Crippen LogP contribution < -0.4 is 10.3 Å². The van der Waals surface area contributed by atoms with Gasteiger partial charge in [-0.3, -0.25) is 9.00 Å². The van der Waals surface area contributed by atoms with Crippen LogP contribution in [0.1, 0.15) is 11.3 Å². The van der Waals surface area contributed by atoms with Crippen molar-refractivity contribution in [2.24, 2.45) is 0 Å². The Morgan fingerprint density at radius 3 is 2.71 bits per heavy atom. The largest absolute Gasteiger partial charge is 0.500 e. The Kier molecular flexibility index (Phi) is 4.52. The second kappa shape index (κ2) is 7.01. The third kappa shape index (κ3) is 3.09. The molecular formula is C19H18N4O4S. The molecule has 4 aromatic rings. The minimum absolute atomic E-state index is 0.0298. The number of imidazole rings is 1. The van der Waals surface area contributed by atoms with Crippen molar-refractivity contribution in [1.82, 2.24) is 19.5 Å². The SMILES string of the molecule is COc1c(C)c(CS(=O)c2nc3ccc(-n4cccc4)cc3[nH]2)[nH]c(=O)c1O. The standard InChI is InChI=1S/C19H18N4O4S/c1-11-15(20-18(25)16(24)17(11)27-2)10-28(26)19-21-13-6-5-12(9-14(13)22-19)23-7-3-4-8-23/h3-9,24H,10H2,1-2H3,(H,20,25)(H,21,22). The number of aromatic nitrogens is 4. The highest BCUT2D eigenvalue weighted by molar-refractivity contribution is 7.84. The molecule has 0 aliphatic heterocycles. The molecule has 0 amide bonds. The van der Waals surface area contributed by atoms with Gasteiger partial charge in [0, 0.05) is 29.3 Å². The molecular weight excluding hydrogens is 380 g/mol. The van der Waals surface area contributed by atoms with E-state index >= 15 is 0 Å². The summed E-state index contributed by atoms with van der Waals surface area (Å²) in [6, 6.07) is 9.60. The zero-order valence-corrected chi connectivity index (χ0v) is 16.0. The lowest BCUT2D eigenvalue weighted by atomic mass is 10.2. The molecule has 0 spiro atoms. The van der Waals surface area contributed by atoms with Crippen LogP contribution in [0.25, 0.3) is 16.7 Å². The smallest absolute Gasteiger partial charge is 0.294 e. The van der Waals surface area contributed by atoms with E-state index in [1.54, 1.807) is 6.92 Å². The quantitative estimate of drug-likeness (QED) is 0.478. The van der Waals surface area contributed by atoms with Crippen LogP contribution in [-0.2, 0) is 16.6 Å². The summed E-state index contributed by atoms with van der Waals surface area (Å²) in [5.74, 6) is -0.380. The van der Waals surface area contributed by atoms with Gasteiger partial charge in [0.2, 0.25) is 5.75 Å². The lowest BCUT2D eigenvalue weighted by Crippen LogP contribution is -2.14. The first-order valence-electron chi connectivity index (χ1n) is 8.48. The van der Waals surface area contributed by atoms with Crippen LogP contribution in [0.2, 0.25) is 0 Å². The summed E-state index contributed by atoms with van der Waals surface area (Å²) >= 11 is 0.